The molecule has 0 unspecified atom stereocenters. The summed E-state index contributed by atoms with van der Waals surface area (Å²) in [6.07, 6.45) is 3.28. The van der Waals surface area contributed by atoms with Gasteiger partial charge in [-0.2, -0.15) is 0 Å². The first-order valence-electron chi connectivity index (χ1n) is 9.27. The second-order valence-electron chi connectivity index (χ2n) is 6.74. The molecule has 4 rings (SSSR count). The number of pyridine rings is 1. The van der Waals surface area contributed by atoms with E-state index in [1.807, 2.05) is 11.0 Å². The molecule has 1 aromatic heterocycles. The Bertz CT molecular complexity index is 894. The van der Waals surface area contributed by atoms with Gasteiger partial charge in [0.25, 0.3) is 5.91 Å². The third kappa shape index (κ3) is 3.85. The van der Waals surface area contributed by atoms with Crippen molar-refractivity contribution in [2.45, 2.75) is 6.92 Å². The molecule has 8 heteroatoms. The van der Waals surface area contributed by atoms with Crippen molar-refractivity contribution in [3.8, 4) is 11.5 Å². The van der Waals surface area contributed by atoms with Crippen LogP contribution in [-0.4, -0.2) is 61.1 Å². The number of aromatic nitrogens is 1. The molecule has 0 aliphatic carbocycles. The molecule has 8 nitrogen and oxygen atoms in total. The molecular weight excluding hydrogens is 360 g/mol. The molecule has 2 aliphatic rings. The molecule has 2 amide bonds. The van der Waals surface area contributed by atoms with Crippen molar-refractivity contribution < 1.29 is 19.1 Å². The smallest absolute Gasteiger partial charge is 0.257 e. The average Bonchev–Trinajstić information content (AvgIpc) is 2.74. The minimum absolute atomic E-state index is 0.0883. The predicted octanol–water partition coefficient (Wildman–Crippen LogP) is 1.77. The van der Waals surface area contributed by atoms with Crippen molar-refractivity contribution in [3.63, 3.8) is 0 Å². The predicted molar refractivity (Wildman–Crippen MR) is 104 cm³/mol. The Kier molecular flexibility index (Phi) is 5.01. The van der Waals surface area contributed by atoms with Crippen molar-refractivity contribution >= 4 is 23.2 Å². The summed E-state index contributed by atoms with van der Waals surface area (Å²) < 4.78 is 11.0. The maximum absolute atomic E-state index is 12.7. The van der Waals surface area contributed by atoms with E-state index in [-0.39, 0.29) is 11.8 Å². The van der Waals surface area contributed by atoms with Gasteiger partial charge in [0.15, 0.2) is 11.5 Å². The van der Waals surface area contributed by atoms with Crippen LogP contribution < -0.4 is 19.7 Å². The molecule has 2 aliphatic heterocycles. The number of nitrogens with zero attached hydrogens (tertiary/aromatic N) is 3. The van der Waals surface area contributed by atoms with Crippen molar-refractivity contribution in [3.05, 3.63) is 42.2 Å². The summed E-state index contributed by atoms with van der Waals surface area (Å²) in [5.74, 6) is 1.15. The van der Waals surface area contributed by atoms with Gasteiger partial charge in [0.05, 0.1) is 17.4 Å². The largest absolute Gasteiger partial charge is 0.486 e. The summed E-state index contributed by atoms with van der Waals surface area (Å²) in [7, 11) is 0. The summed E-state index contributed by atoms with van der Waals surface area (Å²) >= 11 is 0. The Morgan fingerprint density at radius 2 is 1.75 bits per heavy atom. The minimum Gasteiger partial charge on any atom is -0.486 e. The number of rotatable bonds is 3. The normalized spacial score (nSPS) is 15.9. The van der Waals surface area contributed by atoms with Gasteiger partial charge in [-0.25, -0.2) is 0 Å². The Balaban J connectivity index is 1.44. The van der Waals surface area contributed by atoms with Crippen LogP contribution in [0.4, 0.5) is 11.4 Å². The number of fused-ring (bicyclic) bond motifs is 1. The molecule has 146 valence electrons. The van der Waals surface area contributed by atoms with Gasteiger partial charge in [-0.15, -0.1) is 0 Å². The van der Waals surface area contributed by atoms with E-state index in [0.717, 1.165) is 5.69 Å². The number of nitrogens with one attached hydrogen (secondary N) is 1. The van der Waals surface area contributed by atoms with Crippen LogP contribution >= 0.6 is 0 Å². The summed E-state index contributed by atoms with van der Waals surface area (Å²) in [6, 6.07) is 7.14. The van der Waals surface area contributed by atoms with Gasteiger partial charge in [0.2, 0.25) is 5.91 Å². The third-order valence-corrected chi connectivity index (χ3v) is 4.88. The van der Waals surface area contributed by atoms with E-state index in [9.17, 15) is 9.59 Å². The van der Waals surface area contributed by atoms with Gasteiger partial charge in [-0.05, 0) is 18.2 Å². The van der Waals surface area contributed by atoms with Crippen LogP contribution in [0.3, 0.4) is 0 Å². The highest BCUT2D eigenvalue weighted by Crippen LogP contribution is 2.32. The van der Waals surface area contributed by atoms with E-state index in [4.69, 9.17) is 9.47 Å². The molecule has 0 saturated carbocycles. The highest BCUT2D eigenvalue weighted by Gasteiger charge is 2.20. The molecule has 3 heterocycles. The standard InChI is InChI=1S/C20H22N4O4/c1-14(25)23-4-6-24(7-5-23)17-10-15(12-21-13-17)20(26)22-16-2-3-18-19(11-16)28-9-8-27-18/h2-3,10-13H,4-9H2,1H3,(H,22,26). The second kappa shape index (κ2) is 7.75. The lowest BCUT2D eigenvalue weighted by Crippen LogP contribution is -2.48. The number of ether oxygens (including phenoxy) is 2. The van der Waals surface area contributed by atoms with Crippen molar-refractivity contribution in [1.82, 2.24) is 9.88 Å². The van der Waals surface area contributed by atoms with E-state index in [2.05, 4.69) is 15.2 Å². The van der Waals surface area contributed by atoms with Crippen LogP contribution in [0, 0.1) is 0 Å². The maximum atomic E-state index is 12.7. The molecule has 1 aromatic carbocycles. The first kappa shape index (κ1) is 18.1. The molecule has 0 radical (unpaired) electrons. The molecule has 0 bridgehead atoms. The highest BCUT2D eigenvalue weighted by atomic mass is 16.6. The fourth-order valence-corrected chi connectivity index (χ4v) is 3.33. The van der Waals surface area contributed by atoms with Gasteiger partial charge in [-0.3, -0.25) is 14.6 Å². The number of hydrogen-bond acceptors (Lipinski definition) is 6. The van der Waals surface area contributed by atoms with Crippen LogP contribution in [0.25, 0.3) is 0 Å². The summed E-state index contributed by atoms with van der Waals surface area (Å²) in [6.45, 7) is 5.38. The van der Waals surface area contributed by atoms with Crippen LogP contribution in [0.1, 0.15) is 17.3 Å². The van der Waals surface area contributed by atoms with Crippen LogP contribution in [-0.2, 0) is 4.79 Å². The van der Waals surface area contributed by atoms with Crippen LogP contribution in [0.5, 0.6) is 11.5 Å². The molecule has 0 atom stereocenters. The zero-order valence-electron chi connectivity index (χ0n) is 15.7. The van der Waals surface area contributed by atoms with Gasteiger partial charge < -0.3 is 24.6 Å². The Morgan fingerprint density at radius 1 is 1.00 bits per heavy atom. The van der Waals surface area contributed by atoms with E-state index >= 15 is 0 Å². The summed E-state index contributed by atoms with van der Waals surface area (Å²) in [5.41, 5.74) is 1.98. The topological polar surface area (TPSA) is 84.0 Å². The fourth-order valence-electron chi connectivity index (χ4n) is 3.33. The van der Waals surface area contributed by atoms with E-state index in [1.54, 1.807) is 37.5 Å². The molecule has 28 heavy (non-hydrogen) atoms. The summed E-state index contributed by atoms with van der Waals surface area (Å²) in [4.78, 5) is 32.3. The molecule has 2 aromatic rings. The molecular formula is C20H22N4O4. The monoisotopic (exact) mass is 382 g/mol. The number of benzene rings is 1. The van der Waals surface area contributed by atoms with Gasteiger partial charge in [0, 0.05) is 51.1 Å². The molecule has 1 saturated heterocycles. The quantitative estimate of drug-likeness (QED) is 0.871. The minimum atomic E-state index is -0.242. The maximum Gasteiger partial charge on any atom is 0.257 e. The Hall–Kier alpha value is -3.29. The van der Waals surface area contributed by atoms with E-state index < -0.39 is 0 Å². The molecule has 0 spiro atoms. The lowest BCUT2D eigenvalue weighted by molar-refractivity contribution is -0.129. The fraction of sp³-hybridized carbons (Fsp3) is 0.350. The van der Waals surface area contributed by atoms with E-state index in [1.165, 1.54) is 0 Å². The number of carbonyl (C=O) groups is 2. The van der Waals surface area contributed by atoms with Crippen LogP contribution in [0.15, 0.2) is 36.7 Å². The lowest BCUT2D eigenvalue weighted by atomic mass is 10.2. The van der Waals surface area contributed by atoms with Crippen molar-refractivity contribution in [2.24, 2.45) is 0 Å². The van der Waals surface area contributed by atoms with E-state index in [0.29, 0.717) is 62.1 Å². The molecule has 1 fully saturated rings. The third-order valence-electron chi connectivity index (χ3n) is 4.88. The number of amides is 2. The number of hydrogen-bond donors (Lipinski definition) is 1. The SMILES string of the molecule is CC(=O)N1CCN(c2cncc(C(=O)Nc3ccc4c(c3)OCCO4)c2)CC1. The number of carbonyl (C=O) groups excluding carboxylic acids is 2. The zero-order valence-corrected chi connectivity index (χ0v) is 15.7. The number of anilines is 2. The zero-order chi connectivity index (χ0) is 19.5. The van der Waals surface area contributed by atoms with Crippen LogP contribution in [0.2, 0.25) is 0 Å². The number of piperazine rings is 1. The van der Waals surface area contributed by atoms with Crippen molar-refractivity contribution in [1.29, 1.82) is 0 Å². The average molecular weight is 382 g/mol. The van der Waals surface area contributed by atoms with Gasteiger partial charge in [-0.1, -0.05) is 0 Å². The first-order valence-corrected chi connectivity index (χ1v) is 9.27. The first-order chi connectivity index (χ1) is 13.6. The second-order valence-corrected chi connectivity index (χ2v) is 6.74. The van der Waals surface area contributed by atoms with Gasteiger partial charge in [0.1, 0.15) is 13.2 Å². The van der Waals surface area contributed by atoms with Crippen molar-refractivity contribution in [2.75, 3.05) is 49.6 Å². The Labute approximate surface area is 163 Å². The molecule has 1 N–H and O–H groups in total. The summed E-state index contributed by atoms with van der Waals surface area (Å²) in [5, 5.41) is 2.87. The van der Waals surface area contributed by atoms with Gasteiger partial charge >= 0.3 is 0 Å². The highest BCUT2D eigenvalue weighted by molar-refractivity contribution is 6.04. The lowest BCUT2D eigenvalue weighted by Gasteiger charge is -2.35. The Morgan fingerprint density at radius 3 is 2.50 bits per heavy atom.